The monoisotopic (exact) mass is 526 g/mol. The van der Waals surface area contributed by atoms with Crippen molar-refractivity contribution in [3.05, 3.63) is 82.6 Å². The van der Waals surface area contributed by atoms with Crippen LogP contribution in [0.3, 0.4) is 0 Å². The van der Waals surface area contributed by atoms with Crippen molar-refractivity contribution in [1.29, 1.82) is 0 Å². The van der Waals surface area contributed by atoms with E-state index < -0.39 is 11.6 Å². The first-order valence-electron chi connectivity index (χ1n) is 11.9. The number of ketones is 2. The molecule has 8 nitrogen and oxygen atoms in total. The first-order chi connectivity index (χ1) is 18.1. The largest absolute Gasteiger partial charge is 0.487 e. The first-order valence-corrected chi connectivity index (χ1v) is 12.2. The minimum atomic E-state index is -0.436. The Hall–Kier alpha value is -3.43. The van der Waals surface area contributed by atoms with Crippen LogP contribution in [0, 0.1) is 0 Å². The number of aliphatic hydroxyl groups is 1. The van der Waals surface area contributed by atoms with Crippen LogP contribution < -0.4 is 9.47 Å². The highest BCUT2D eigenvalue weighted by Gasteiger charge is 2.32. The molecule has 0 aliphatic heterocycles. The Morgan fingerprint density at radius 3 is 1.68 bits per heavy atom. The van der Waals surface area contributed by atoms with Crippen LogP contribution in [-0.2, 0) is 14.2 Å². The number of carbonyl (C=O) groups is 2. The normalized spacial score (nSPS) is 13.1. The second-order valence-corrected chi connectivity index (χ2v) is 8.36. The van der Waals surface area contributed by atoms with Gasteiger partial charge in [0, 0.05) is 11.1 Å². The maximum Gasteiger partial charge on any atom is 0.230 e. The summed E-state index contributed by atoms with van der Waals surface area (Å²) in [6.45, 7) is 1.61. The molecule has 4 rings (SSSR count). The molecular weight excluding hydrogens is 500 g/mol. The summed E-state index contributed by atoms with van der Waals surface area (Å²) in [4.78, 5) is 25.0. The van der Waals surface area contributed by atoms with E-state index in [-0.39, 0.29) is 61.6 Å². The number of halogens is 1. The van der Waals surface area contributed by atoms with E-state index in [1.54, 1.807) is 24.3 Å². The predicted molar refractivity (Wildman–Crippen MR) is 138 cm³/mol. The number of ether oxygens (including phenoxy) is 5. The lowest BCUT2D eigenvalue weighted by Gasteiger charge is -2.18. The average molecular weight is 527 g/mol. The highest BCUT2D eigenvalue weighted by molar-refractivity contribution is 6.49. The first kappa shape index (κ1) is 26.6. The average Bonchev–Trinajstić information content (AvgIpc) is 2.92. The van der Waals surface area contributed by atoms with Gasteiger partial charge < -0.3 is 28.8 Å². The van der Waals surface area contributed by atoms with E-state index in [9.17, 15) is 9.59 Å². The minimum absolute atomic E-state index is 0.0393. The Morgan fingerprint density at radius 1 is 0.622 bits per heavy atom. The van der Waals surface area contributed by atoms with Gasteiger partial charge >= 0.3 is 0 Å². The molecule has 0 unspecified atom stereocenters. The molecule has 0 spiro atoms. The zero-order valence-electron chi connectivity index (χ0n) is 20.1. The molecule has 0 amide bonds. The third-order valence-electron chi connectivity index (χ3n) is 5.51. The Morgan fingerprint density at radius 2 is 1.11 bits per heavy atom. The molecule has 0 fully saturated rings. The lowest BCUT2D eigenvalue weighted by atomic mass is 9.93. The van der Waals surface area contributed by atoms with E-state index >= 15 is 0 Å². The van der Waals surface area contributed by atoms with Gasteiger partial charge in [0.15, 0.2) is 17.3 Å². The molecule has 0 atom stereocenters. The standard InChI is InChI=1S/C28H27ClO8/c29-25-26(31)21-7-3-4-8-22(21)27(32)28(25)37-16-13-34-12-15-36-24-18-20-6-2-1-5-19(20)17-23(24)35-14-11-33-10-9-30/h1-8,17-18,30H,9-16H2. The van der Waals surface area contributed by atoms with Crippen LogP contribution in [0.2, 0.25) is 0 Å². The van der Waals surface area contributed by atoms with Gasteiger partial charge in [0.1, 0.15) is 24.9 Å². The Balaban J connectivity index is 1.25. The number of allylic oxidation sites excluding steroid dienone is 2. The molecule has 0 aromatic heterocycles. The van der Waals surface area contributed by atoms with Gasteiger partial charge in [-0.1, -0.05) is 60.1 Å². The molecule has 0 saturated carbocycles. The Kier molecular flexibility index (Phi) is 9.51. The summed E-state index contributed by atoms with van der Waals surface area (Å²) >= 11 is 6.10. The molecule has 0 bridgehead atoms. The molecule has 1 aliphatic carbocycles. The summed E-state index contributed by atoms with van der Waals surface area (Å²) in [5, 5.41) is 10.6. The van der Waals surface area contributed by atoms with Crippen molar-refractivity contribution in [2.24, 2.45) is 0 Å². The van der Waals surface area contributed by atoms with Gasteiger partial charge in [0.05, 0.1) is 33.0 Å². The number of benzene rings is 3. The maximum absolute atomic E-state index is 12.6. The lowest BCUT2D eigenvalue weighted by Crippen LogP contribution is -2.22. The summed E-state index contributed by atoms with van der Waals surface area (Å²) < 4.78 is 28.1. The summed E-state index contributed by atoms with van der Waals surface area (Å²) in [6.07, 6.45) is 0. The second-order valence-electron chi connectivity index (χ2n) is 7.99. The van der Waals surface area contributed by atoms with Crippen molar-refractivity contribution in [2.45, 2.75) is 0 Å². The molecule has 3 aromatic carbocycles. The number of carbonyl (C=O) groups excluding carboxylic acids is 2. The molecule has 0 saturated heterocycles. The van der Waals surface area contributed by atoms with Gasteiger partial charge in [-0.25, -0.2) is 0 Å². The predicted octanol–water partition coefficient (Wildman–Crippen LogP) is 4.17. The summed E-state index contributed by atoms with van der Waals surface area (Å²) in [7, 11) is 0. The number of fused-ring (bicyclic) bond motifs is 2. The van der Waals surface area contributed by atoms with Gasteiger partial charge in [0.25, 0.3) is 0 Å². The molecule has 9 heteroatoms. The number of hydrogen-bond acceptors (Lipinski definition) is 8. The highest BCUT2D eigenvalue weighted by atomic mass is 35.5. The quantitative estimate of drug-likeness (QED) is 0.312. The van der Waals surface area contributed by atoms with Crippen molar-refractivity contribution in [3.63, 3.8) is 0 Å². The topological polar surface area (TPSA) is 101 Å². The fourth-order valence-electron chi connectivity index (χ4n) is 3.77. The van der Waals surface area contributed by atoms with Crippen LogP contribution in [0.5, 0.6) is 11.5 Å². The van der Waals surface area contributed by atoms with E-state index in [1.807, 2.05) is 36.4 Å². The van der Waals surface area contributed by atoms with Crippen LogP contribution >= 0.6 is 11.6 Å². The maximum atomic E-state index is 12.6. The molecular formula is C28H27ClO8. The molecule has 0 radical (unpaired) electrons. The number of aliphatic hydroxyl groups excluding tert-OH is 1. The van der Waals surface area contributed by atoms with E-state index in [0.717, 1.165) is 10.8 Å². The highest BCUT2D eigenvalue weighted by Crippen LogP contribution is 2.33. The fraction of sp³-hybridized carbons (Fsp3) is 0.286. The van der Waals surface area contributed by atoms with Gasteiger partial charge in [0.2, 0.25) is 11.6 Å². The Bertz CT molecular complexity index is 1290. The smallest absolute Gasteiger partial charge is 0.230 e. The summed E-state index contributed by atoms with van der Waals surface area (Å²) in [5.74, 6) is 0.134. The van der Waals surface area contributed by atoms with Crippen LogP contribution in [-0.4, -0.2) is 69.5 Å². The number of Topliss-reactive ketones (excluding diaryl/α,β-unsaturated/α-hetero) is 2. The van der Waals surface area contributed by atoms with Crippen molar-refractivity contribution in [3.8, 4) is 11.5 Å². The minimum Gasteiger partial charge on any atom is -0.487 e. The van der Waals surface area contributed by atoms with Crippen molar-refractivity contribution in [2.75, 3.05) is 52.9 Å². The molecule has 194 valence electrons. The van der Waals surface area contributed by atoms with Crippen LogP contribution in [0.4, 0.5) is 0 Å². The van der Waals surface area contributed by atoms with Crippen molar-refractivity contribution >= 4 is 33.9 Å². The molecule has 1 N–H and O–H groups in total. The molecule has 37 heavy (non-hydrogen) atoms. The number of hydrogen-bond donors (Lipinski definition) is 1. The molecule has 1 aliphatic rings. The van der Waals surface area contributed by atoms with Crippen LogP contribution in [0.15, 0.2) is 71.5 Å². The second kappa shape index (κ2) is 13.2. The van der Waals surface area contributed by atoms with Crippen LogP contribution in [0.1, 0.15) is 20.7 Å². The van der Waals surface area contributed by atoms with E-state index in [2.05, 4.69) is 0 Å². The van der Waals surface area contributed by atoms with Gasteiger partial charge in [-0.05, 0) is 22.9 Å². The van der Waals surface area contributed by atoms with Gasteiger partial charge in [-0.15, -0.1) is 0 Å². The number of rotatable bonds is 14. The van der Waals surface area contributed by atoms with E-state index in [0.29, 0.717) is 24.7 Å². The fourth-order valence-corrected chi connectivity index (χ4v) is 4.01. The van der Waals surface area contributed by atoms with Gasteiger partial charge in [-0.3, -0.25) is 9.59 Å². The van der Waals surface area contributed by atoms with Crippen molar-refractivity contribution < 1.29 is 38.4 Å². The van der Waals surface area contributed by atoms with Gasteiger partial charge in [-0.2, -0.15) is 0 Å². The van der Waals surface area contributed by atoms with E-state index in [1.165, 1.54) is 0 Å². The lowest BCUT2D eigenvalue weighted by molar-refractivity contribution is 0.0518. The third kappa shape index (κ3) is 6.67. The molecule has 3 aromatic rings. The zero-order chi connectivity index (χ0) is 26.0. The summed E-state index contributed by atoms with van der Waals surface area (Å²) in [6, 6.07) is 18.2. The SMILES string of the molecule is O=C1C(Cl)=C(OCCOCCOc2cc3ccccc3cc2OCCOCCO)C(=O)c2ccccc21. The Labute approximate surface area is 219 Å². The van der Waals surface area contributed by atoms with E-state index in [4.69, 9.17) is 40.4 Å². The zero-order valence-corrected chi connectivity index (χ0v) is 20.9. The van der Waals surface area contributed by atoms with Crippen molar-refractivity contribution in [1.82, 2.24) is 0 Å². The van der Waals surface area contributed by atoms with Crippen LogP contribution in [0.25, 0.3) is 10.8 Å². The third-order valence-corrected chi connectivity index (χ3v) is 5.86. The molecule has 0 heterocycles. The summed E-state index contributed by atoms with van der Waals surface area (Å²) in [5.41, 5.74) is 0.544.